The van der Waals surface area contributed by atoms with Crippen LogP contribution in [0.15, 0.2) is 0 Å². The van der Waals surface area contributed by atoms with Crippen LogP contribution in [0.4, 0.5) is 0 Å². The average molecular weight is 256 g/mol. The zero-order valence-corrected chi connectivity index (χ0v) is 12.2. The molecule has 0 bridgehead atoms. The minimum atomic E-state index is -0.0857. The van der Waals surface area contributed by atoms with Crippen LogP contribution in [-0.2, 0) is 9.53 Å². The van der Waals surface area contributed by atoms with Crippen molar-refractivity contribution in [3.63, 3.8) is 0 Å². The summed E-state index contributed by atoms with van der Waals surface area (Å²) >= 11 is 0. The van der Waals surface area contributed by atoms with Crippen LogP contribution in [0.3, 0.4) is 0 Å². The van der Waals surface area contributed by atoms with Gasteiger partial charge in [-0.3, -0.25) is 4.79 Å². The summed E-state index contributed by atoms with van der Waals surface area (Å²) in [7, 11) is 0. The lowest BCUT2D eigenvalue weighted by atomic mass is 9.85. The Morgan fingerprint density at radius 3 is 2.72 bits per heavy atom. The Labute approximate surface area is 111 Å². The molecule has 1 saturated heterocycles. The van der Waals surface area contributed by atoms with Crippen molar-refractivity contribution in [2.24, 2.45) is 11.1 Å². The summed E-state index contributed by atoms with van der Waals surface area (Å²) in [6.07, 6.45) is 2.73. The van der Waals surface area contributed by atoms with Gasteiger partial charge in [-0.05, 0) is 25.2 Å². The molecule has 1 aliphatic rings. The molecule has 1 heterocycles. The quantitative estimate of drug-likeness (QED) is 0.834. The lowest BCUT2D eigenvalue weighted by Gasteiger charge is -2.34. The van der Waals surface area contributed by atoms with Gasteiger partial charge in [0, 0.05) is 32.2 Å². The van der Waals surface area contributed by atoms with E-state index >= 15 is 0 Å². The van der Waals surface area contributed by atoms with E-state index < -0.39 is 0 Å². The molecule has 1 aliphatic heterocycles. The molecule has 0 aromatic rings. The van der Waals surface area contributed by atoms with Crippen LogP contribution in [0.25, 0.3) is 0 Å². The van der Waals surface area contributed by atoms with Crippen molar-refractivity contribution in [3.05, 3.63) is 0 Å². The Bertz CT molecular complexity index is 271. The zero-order valence-electron chi connectivity index (χ0n) is 12.2. The summed E-state index contributed by atoms with van der Waals surface area (Å²) in [4.78, 5) is 14.1. The normalized spacial score (nSPS) is 22.9. The predicted molar refractivity (Wildman–Crippen MR) is 73.3 cm³/mol. The molecule has 0 spiro atoms. The highest BCUT2D eigenvalue weighted by molar-refractivity contribution is 5.77. The molecule has 2 unspecified atom stereocenters. The highest BCUT2D eigenvalue weighted by Gasteiger charge is 2.28. The molecular weight excluding hydrogens is 228 g/mol. The summed E-state index contributed by atoms with van der Waals surface area (Å²) in [5.41, 5.74) is 6.05. The summed E-state index contributed by atoms with van der Waals surface area (Å²) in [6, 6.07) is -0.0857. The molecule has 0 aliphatic carbocycles. The number of hydrogen-bond donors (Lipinski definition) is 1. The summed E-state index contributed by atoms with van der Waals surface area (Å²) < 4.78 is 5.61. The van der Waals surface area contributed by atoms with Crippen LogP contribution in [0.5, 0.6) is 0 Å². The molecule has 4 nitrogen and oxygen atoms in total. The second-order valence-electron chi connectivity index (χ2n) is 6.24. The average Bonchev–Trinajstić information content (AvgIpc) is 2.28. The van der Waals surface area contributed by atoms with Crippen molar-refractivity contribution in [1.82, 2.24) is 4.90 Å². The van der Waals surface area contributed by atoms with Gasteiger partial charge in [-0.2, -0.15) is 0 Å². The fourth-order valence-corrected chi connectivity index (χ4v) is 2.16. The van der Waals surface area contributed by atoms with Gasteiger partial charge in [0.25, 0.3) is 0 Å². The van der Waals surface area contributed by atoms with Crippen molar-refractivity contribution in [3.8, 4) is 0 Å². The van der Waals surface area contributed by atoms with E-state index in [0.717, 1.165) is 25.9 Å². The maximum Gasteiger partial charge on any atom is 0.224 e. The van der Waals surface area contributed by atoms with Gasteiger partial charge in [-0.25, -0.2) is 0 Å². The molecule has 2 N–H and O–H groups in total. The second-order valence-corrected chi connectivity index (χ2v) is 6.24. The minimum Gasteiger partial charge on any atom is -0.377 e. The van der Waals surface area contributed by atoms with Crippen molar-refractivity contribution in [2.75, 3.05) is 19.7 Å². The lowest BCUT2D eigenvalue weighted by Crippen LogP contribution is -2.47. The molecule has 0 aromatic carbocycles. The van der Waals surface area contributed by atoms with E-state index in [1.165, 1.54) is 0 Å². The van der Waals surface area contributed by atoms with E-state index in [1.54, 1.807) is 0 Å². The monoisotopic (exact) mass is 256 g/mol. The Balaban J connectivity index is 2.46. The number of nitrogens with zero attached hydrogens (tertiary/aromatic N) is 1. The van der Waals surface area contributed by atoms with Crippen molar-refractivity contribution < 1.29 is 9.53 Å². The summed E-state index contributed by atoms with van der Waals surface area (Å²) in [6.45, 7) is 10.5. The first-order valence-electron chi connectivity index (χ1n) is 6.99. The van der Waals surface area contributed by atoms with E-state index in [1.807, 2.05) is 11.8 Å². The number of piperidine rings is 1. The van der Waals surface area contributed by atoms with E-state index in [2.05, 4.69) is 20.8 Å². The number of rotatable bonds is 4. The lowest BCUT2D eigenvalue weighted by molar-refractivity contribution is -0.136. The molecule has 1 fully saturated rings. The van der Waals surface area contributed by atoms with Gasteiger partial charge in [0.15, 0.2) is 0 Å². The van der Waals surface area contributed by atoms with Gasteiger partial charge >= 0.3 is 0 Å². The number of hydrogen-bond acceptors (Lipinski definition) is 3. The highest BCUT2D eigenvalue weighted by Crippen LogP contribution is 2.21. The Hall–Kier alpha value is -0.610. The molecule has 106 valence electrons. The summed E-state index contributed by atoms with van der Waals surface area (Å²) in [5.74, 6) is 0.168. The van der Waals surface area contributed by atoms with Crippen LogP contribution < -0.4 is 5.73 Å². The fraction of sp³-hybridized carbons (Fsp3) is 0.929. The van der Waals surface area contributed by atoms with Crippen LogP contribution >= 0.6 is 0 Å². The molecule has 0 radical (unpaired) electrons. The first kappa shape index (κ1) is 15.4. The predicted octanol–water partition coefficient (Wildman–Crippen LogP) is 1.78. The van der Waals surface area contributed by atoms with Crippen LogP contribution in [0, 0.1) is 5.41 Å². The van der Waals surface area contributed by atoms with Gasteiger partial charge in [-0.15, -0.1) is 0 Å². The third-order valence-electron chi connectivity index (χ3n) is 3.64. The maximum atomic E-state index is 12.2. The molecule has 0 aromatic heterocycles. The third kappa shape index (κ3) is 4.58. The molecule has 1 rings (SSSR count). The Kier molecular flexibility index (Phi) is 5.60. The van der Waals surface area contributed by atoms with Gasteiger partial charge in [0.2, 0.25) is 5.91 Å². The highest BCUT2D eigenvalue weighted by atomic mass is 16.5. The van der Waals surface area contributed by atoms with E-state index in [4.69, 9.17) is 10.5 Å². The molecule has 2 atom stereocenters. The van der Waals surface area contributed by atoms with E-state index in [9.17, 15) is 4.79 Å². The topological polar surface area (TPSA) is 55.6 Å². The number of ether oxygens (including phenoxy) is 1. The van der Waals surface area contributed by atoms with E-state index in [0.29, 0.717) is 13.0 Å². The van der Waals surface area contributed by atoms with Gasteiger partial charge in [0.1, 0.15) is 0 Å². The third-order valence-corrected chi connectivity index (χ3v) is 3.64. The Morgan fingerprint density at radius 2 is 2.17 bits per heavy atom. The van der Waals surface area contributed by atoms with Crippen molar-refractivity contribution in [2.45, 2.75) is 59.1 Å². The van der Waals surface area contributed by atoms with Crippen molar-refractivity contribution >= 4 is 5.91 Å². The largest absolute Gasteiger partial charge is 0.377 e. The molecular formula is C14H28N2O2. The van der Waals surface area contributed by atoms with Crippen molar-refractivity contribution in [1.29, 1.82) is 0 Å². The zero-order chi connectivity index (χ0) is 13.8. The SMILES string of the molecule is CCOC1CCCN(C(=O)CC(N)C(C)(C)C)C1. The molecule has 18 heavy (non-hydrogen) atoms. The first-order valence-corrected chi connectivity index (χ1v) is 6.99. The fourth-order valence-electron chi connectivity index (χ4n) is 2.16. The Morgan fingerprint density at radius 1 is 1.50 bits per heavy atom. The van der Waals surface area contributed by atoms with Gasteiger partial charge in [-0.1, -0.05) is 20.8 Å². The number of likely N-dealkylation sites (tertiary alicyclic amines) is 1. The smallest absolute Gasteiger partial charge is 0.224 e. The van der Waals surface area contributed by atoms with Crippen LogP contribution in [-0.4, -0.2) is 42.6 Å². The minimum absolute atomic E-state index is 0.0230. The van der Waals surface area contributed by atoms with E-state index in [-0.39, 0.29) is 23.5 Å². The molecule has 0 saturated carbocycles. The molecule has 4 heteroatoms. The summed E-state index contributed by atoms with van der Waals surface area (Å²) in [5, 5.41) is 0. The number of nitrogens with two attached hydrogens (primary N) is 1. The van der Waals surface area contributed by atoms with Crippen LogP contribution in [0.2, 0.25) is 0 Å². The van der Waals surface area contributed by atoms with Gasteiger partial charge < -0.3 is 15.4 Å². The number of carbonyl (C=O) groups is 1. The number of amides is 1. The van der Waals surface area contributed by atoms with Crippen LogP contribution in [0.1, 0.15) is 47.0 Å². The van der Waals surface area contributed by atoms with Gasteiger partial charge in [0.05, 0.1) is 6.10 Å². The maximum absolute atomic E-state index is 12.2. The second kappa shape index (κ2) is 6.53. The number of carbonyl (C=O) groups excluding carboxylic acids is 1. The standard InChI is InChI=1S/C14H28N2O2/c1-5-18-11-7-6-8-16(10-11)13(17)9-12(15)14(2,3)4/h11-12H,5-10,15H2,1-4H3. The molecule has 1 amide bonds. The first-order chi connectivity index (χ1) is 8.34.